The molecule has 0 aliphatic carbocycles. The van der Waals surface area contributed by atoms with Crippen molar-refractivity contribution in [2.75, 3.05) is 24.5 Å². The minimum absolute atomic E-state index is 0.155. The zero-order valence-electron chi connectivity index (χ0n) is 16.0. The Kier molecular flexibility index (Phi) is 8.76. The van der Waals surface area contributed by atoms with Gasteiger partial charge in [-0.15, -0.1) is 0 Å². The molecule has 10 heteroatoms. The zero-order valence-corrected chi connectivity index (χ0v) is 17.6. The standard InChI is InChI=1S/C18H25N7OS2/c1-3-19-17(27)23-21-12-15(22-24-18(28)20-4-2)13-7-9-14(10-8-13)25-11-5-6-16(25)26/h7-10,12H,3-6,11H2,1-2H3,(H2,19,23,27)(H2,20,24,28)/b21-12+,22-15+. The van der Waals surface area contributed by atoms with E-state index in [0.29, 0.717) is 35.4 Å². The molecule has 0 atom stereocenters. The van der Waals surface area contributed by atoms with Gasteiger partial charge >= 0.3 is 0 Å². The van der Waals surface area contributed by atoms with Gasteiger partial charge in [-0.3, -0.25) is 15.6 Å². The summed E-state index contributed by atoms with van der Waals surface area (Å²) in [6.07, 6.45) is 3.05. The van der Waals surface area contributed by atoms with Gasteiger partial charge in [0, 0.05) is 37.3 Å². The summed E-state index contributed by atoms with van der Waals surface area (Å²) in [4.78, 5) is 13.7. The van der Waals surface area contributed by atoms with E-state index in [0.717, 1.165) is 24.2 Å². The number of rotatable bonds is 7. The fourth-order valence-corrected chi connectivity index (χ4v) is 2.95. The van der Waals surface area contributed by atoms with E-state index >= 15 is 0 Å². The summed E-state index contributed by atoms with van der Waals surface area (Å²) in [5, 5.41) is 15.2. The van der Waals surface area contributed by atoms with E-state index in [1.165, 1.54) is 0 Å². The van der Waals surface area contributed by atoms with Crippen molar-refractivity contribution in [2.24, 2.45) is 10.2 Å². The Morgan fingerprint density at radius 1 is 1.11 bits per heavy atom. The van der Waals surface area contributed by atoms with E-state index in [2.05, 4.69) is 31.7 Å². The molecule has 0 bridgehead atoms. The molecular formula is C18H25N7OS2. The number of carbonyl (C=O) groups is 1. The third-order valence-corrected chi connectivity index (χ3v) is 4.32. The van der Waals surface area contributed by atoms with Crippen LogP contribution in [0.5, 0.6) is 0 Å². The van der Waals surface area contributed by atoms with Crippen molar-refractivity contribution >= 4 is 58.2 Å². The number of benzene rings is 1. The maximum absolute atomic E-state index is 11.9. The van der Waals surface area contributed by atoms with Gasteiger partial charge in [0.25, 0.3) is 0 Å². The lowest BCUT2D eigenvalue weighted by Gasteiger charge is -2.16. The molecule has 0 unspecified atom stereocenters. The number of thiocarbonyl (C=S) groups is 2. The Morgan fingerprint density at radius 2 is 1.75 bits per heavy atom. The van der Waals surface area contributed by atoms with Crippen molar-refractivity contribution in [3.05, 3.63) is 29.8 Å². The molecule has 0 spiro atoms. The molecule has 1 saturated heterocycles. The third kappa shape index (κ3) is 6.54. The molecule has 1 heterocycles. The van der Waals surface area contributed by atoms with E-state index < -0.39 is 0 Å². The summed E-state index contributed by atoms with van der Waals surface area (Å²) in [6, 6.07) is 7.60. The molecule has 0 radical (unpaired) electrons. The Balaban J connectivity index is 2.16. The van der Waals surface area contributed by atoms with Crippen molar-refractivity contribution in [1.29, 1.82) is 0 Å². The lowest BCUT2D eigenvalue weighted by atomic mass is 10.1. The van der Waals surface area contributed by atoms with E-state index in [9.17, 15) is 4.79 Å². The molecule has 1 aromatic carbocycles. The van der Waals surface area contributed by atoms with E-state index in [4.69, 9.17) is 24.4 Å². The van der Waals surface area contributed by atoms with Crippen molar-refractivity contribution in [2.45, 2.75) is 26.7 Å². The van der Waals surface area contributed by atoms with E-state index in [1.807, 2.05) is 38.1 Å². The van der Waals surface area contributed by atoms with E-state index in [-0.39, 0.29) is 5.91 Å². The average molecular weight is 420 g/mol. The number of hydrazone groups is 2. The molecule has 8 nitrogen and oxygen atoms in total. The van der Waals surface area contributed by atoms with Crippen LogP contribution in [0.2, 0.25) is 0 Å². The summed E-state index contributed by atoms with van der Waals surface area (Å²) in [5.41, 5.74) is 7.80. The van der Waals surface area contributed by atoms with Crippen molar-refractivity contribution in [1.82, 2.24) is 21.5 Å². The Labute approximate surface area is 175 Å². The molecule has 0 saturated carbocycles. The molecule has 2 rings (SSSR count). The Hall–Kier alpha value is -2.59. The zero-order chi connectivity index (χ0) is 20.4. The molecule has 1 aliphatic heterocycles. The molecule has 0 aromatic heterocycles. The first kappa shape index (κ1) is 21.7. The van der Waals surface area contributed by atoms with Gasteiger partial charge in [0.1, 0.15) is 5.71 Å². The van der Waals surface area contributed by atoms with Crippen LogP contribution in [-0.4, -0.2) is 47.7 Å². The summed E-state index contributed by atoms with van der Waals surface area (Å²) in [5.74, 6) is 0.155. The van der Waals surface area contributed by atoms with Gasteiger partial charge < -0.3 is 15.5 Å². The van der Waals surface area contributed by atoms with Crippen LogP contribution in [0.1, 0.15) is 32.3 Å². The molecule has 1 amide bonds. The van der Waals surface area contributed by atoms with Crippen LogP contribution in [-0.2, 0) is 4.79 Å². The molecule has 1 fully saturated rings. The van der Waals surface area contributed by atoms with Crippen molar-refractivity contribution < 1.29 is 4.79 Å². The molecular weight excluding hydrogens is 394 g/mol. The van der Waals surface area contributed by atoms with Crippen LogP contribution in [0.15, 0.2) is 34.5 Å². The van der Waals surface area contributed by atoms with Gasteiger partial charge in [0.2, 0.25) is 5.91 Å². The van der Waals surface area contributed by atoms with Crippen LogP contribution in [0.25, 0.3) is 0 Å². The first-order chi connectivity index (χ1) is 13.5. The number of amides is 1. The van der Waals surface area contributed by atoms with Crippen molar-refractivity contribution in [3.8, 4) is 0 Å². The summed E-state index contributed by atoms with van der Waals surface area (Å²) < 4.78 is 0. The minimum atomic E-state index is 0.155. The molecule has 4 N–H and O–H groups in total. The highest BCUT2D eigenvalue weighted by atomic mass is 32.1. The molecule has 150 valence electrons. The maximum Gasteiger partial charge on any atom is 0.227 e. The highest BCUT2D eigenvalue weighted by Crippen LogP contribution is 2.21. The second kappa shape index (κ2) is 11.3. The maximum atomic E-state index is 11.9. The first-order valence-corrected chi connectivity index (χ1v) is 9.96. The van der Waals surface area contributed by atoms with Gasteiger partial charge in [-0.25, -0.2) is 0 Å². The van der Waals surface area contributed by atoms with Crippen LogP contribution in [0, 0.1) is 0 Å². The minimum Gasteiger partial charge on any atom is -0.362 e. The lowest BCUT2D eigenvalue weighted by molar-refractivity contribution is -0.117. The quantitative estimate of drug-likeness (QED) is 0.302. The summed E-state index contributed by atoms with van der Waals surface area (Å²) in [7, 11) is 0. The monoisotopic (exact) mass is 419 g/mol. The van der Waals surface area contributed by atoms with Crippen LogP contribution < -0.4 is 26.4 Å². The second-order valence-electron chi connectivity index (χ2n) is 5.89. The third-order valence-electron chi connectivity index (χ3n) is 3.85. The van der Waals surface area contributed by atoms with Crippen LogP contribution in [0.3, 0.4) is 0 Å². The van der Waals surface area contributed by atoms with Gasteiger partial charge in [-0.2, -0.15) is 10.2 Å². The summed E-state index contributed by atoms with van der Waals surface area (Å²) in [6.45, 7) is 6.05. The molecule has 1 aliphatic rings. The fraction of sp³-hybridized carbons (Fsp3) is 0.389. The SMILES string of the molecule is CCNC(=S)N/N=C(\C=N\NC(=S)NCC)c1ccc(N2CCCC2=O)cc1. The predicted octanol–water partition coefficient (Wildman–Crippen LogP) is 1.47. The topological polar surface area (TPSA) is 93.2 Å². The van der Waals surface area contributed by atoms with Gasteiger partial charge in [-0.05, 0) is 56.8 Å². The van der Waals surface area contributed by atoms with Gasteiger partial charge in [-0.1, -0.05) is 12.1 Å². The number of carbonyl (C=O) groups excluding carboxylic acids is 1. The highest BCUT2D eigenvalue weighted by Gasteiger charge is 2.21. The fourth-order valence-electron chi connectivity index (χ4n) is 2.56. The van der Waals surface area contributed by atoms with Crippen LogP contribution >= 0.6 is 24.4 Å². The molecule has 28 heavy (non-hydrogen) atoms. The predicted molar refractivity (Wildman–Crippen MR) is 122 cm³/mol. The Bertz CT molecular complexity index is 762. The number of nitrogens with one attached hydrogen (secondary N) is 4. The van der Waals surface area contributed by atoms with E-state index in [1.54, 1.807) is 11.1 Å². The summed E-state index contributed by atoms with van der Waals surface area (Å²) >= 11 is 10.2. The number of hydrogen-bond acceptors (Lipinski definition) is 5. The average Bonchev–Trinajstić information content (AvgIpc) is 3.11. The molecule has 1 aromatic rings. The van der Waals surface area contributed by atoms with Crippen LogP contribution in [0.4, 0.5) is 5.69 Å². The first-order valence-electron chi connectivity index (χ1n) is 9.14. The second-order valence-corrected chi connectivity index (χ2v) is 6.71. The van der Waals surface area contributed by atoms with Gasteiger partial charge in [0.05, 0.1) is 6.21 Å². The lowest BCUT2D eigenvalue weighted by Crippen LogP contribution is -2.33. The number of nitrogens with zero attached hydrogens (tertiary/aromatic N) is 3. The number of hydrogen-bond donors (Lipinski definition) is 4. The largest absolute Gasteiger partial charge is 0.362 e. The van der Waals surface area contributed by atoms with Crippen molar-refractivity contribution in [3.63, 3.8) is 0 Å². The smallest absolute Gasteiger partial charge is 0.227 e. The Morgan fingerprint density at radius 3 is 2.32 bits per heavy atom. The normalized spacial score (nSPS) is 14.3. The highest BCUT2D eigenvalue weighted by molar-refractivity contribution is 7.80. The number of anilines is 1. The van der Waals surface area contributed by atoms with Gasteiger partial charge in [0.15, 0.2) is 10.2 Å².